The van der Waals surface area contributed by atoms with E-state index >= 15 is 0 Å². The Morgan fingerprint density at radius 2 is 2.17 bits per heavy atom. The van der Waals surface area contributed by atoms with Crippen LogP contribution in [0.2, 0.25) is 0 Å². The van der Waals surface area contributed by atoms with E-state index in [2.05, 4.69) is 10.2 Å². The van der Waals surface area contributed by atoms with Crippen LogP contribution in [0.25, 0.3) is 0 Å². The second-order valence-electron chi connectivity index (χ2n) is 3.35. The molecule has 8 nitrogen and oxygen atoms in total. The summed E-state index contributed by atoms with van der Waals surface area (Å²) in [5.74, 6) is 6.49. The number of benzene rings is 1. The molecule has 0 bridgehead atoms. The van der Waals surface area contributed by atoms with Crippen LogP contribution in [-0.2, 0) is 6.61 Å². The van der Waals surface area contributed by atoms with Crippen molar-refractivity contribution in [1.82, 2.24) is 14.9 Å². The minimum absolute atomic E-state index is 0.00357. The highest BCUT2D eigenvalue weighted by Crippen LogP contribution is 2.17. The number of nitrogen functional groups attached to an aromatic ring is 1. The zero-order chi connectivity index (χ0) is 13.1. The van der Waals surface area contributed by atoms with Gasteiger partial charge in [0.1, 0.15) is 12.4 Å². The fourth-order valence-electron chi connectivity index (χ4n) is 1.25. The number of aromatic nitrogens is 3. The van der Waals surface area contributed by atoms with Crippen molar-refractivity contribution in [2.45, 2.75) is 6.61 Å². The van der Waals surface area contributed by atoms with Crippen LogP contribution in [0, 0.1) is 14.9 Å². The summed E-state index contributed by atoms with van der Waals surface area (Å²) in [7, 11) is 0. The lowest BCUT2D eigenvalue weighted by Gasteiger charge is -2.04. The standard InChI is InChI=1S/C9H9N5O3S/c10-13-8(11-12-9(13)18)5-17-7-3-1-6(2-4-7)14(15)16/h1-4H,5,10H2,(H,12,18). The molecule has 0 atom stereocenters. The van der Waals surface area contributed by atoms with Gasteiger partial charge < -0.3 is 10.6 Å². The summed E-state index contributed by atoms with van der Waals surface area (Å²) in [6.07, 6.45) is 0. The molecule has 0 unspecified atom stereocenters. The number of ether oxygens (including phenoxy) is 1. The Balaban J connectivity index is 2.04. The van der Waals surface area contributed by atoms with Crippen molar-refractivity contribution < 1.29 is 9.66 Å². The van der Waals surface area contributed by atoms with Crippen molar-refractivity contribution >= 4 is 17.9 Å². The molecule has 0 aliphatic heterocycles. The summed E-state index contributed by atoms with van der Waals surface area (Å²) in [5.41, 5.74) is 0.00357. The predicted octanol–water partition coefficient (Wildman–Crippen LogP) is 1.14. The molecule has 0 amide bonds. The fraction of sp³-hybridized carbons (Fsp3) is 0.111. The van der Waals surface area contributed by atoms with Gasteiger partial charge in [-0.25, -0.2) is 4.68 Å². The first-order chi connectivity index (χ1) is 8.58. The van der Waals surface area contributed by atoms with Crippen LogP contribution in [0.4, 0.5) is 5.69 Å². The van der Waals surface area contributed by atoms with Crippen molar-refractivity contribution in [2.24, 2.45) is 0 Å². The summed E-state index contributed by atoms with van der Waals surface area (Å²) in [6.45, 7) is 0.113. The van der Waals surface area contributed by atoms with E-state index in [0.717, 1.165) is 0 Å². The van der Waals surface area contributed by atoms with Gasteiger partial charge in [0.15, 0.2) is 5.82 Å². The summed E-state index contributed by atoms with van der Waals surface area (Å²) in [5, 5.41) is 16.8. The average Bonchev–Trinajstić information content (AvgIpc) is 2.68. The largest absolute Gasteiger partial charge is 0.486 e. The van der Waals surface area contributed by atoms with E-state index in [1.165, 1.54) is 28.9 Å². The minimum atomic E-state index is -0.477. The van der Waals surface area contributed by atoms with Gasteiger partial charge in [0.2, 0.25) is 4.77 Å². The Kier molecular flexibility index (Phi) is 3.24. The molecule has 0 spiro atoms. The zero-order valence-electron chi connectivity index (χ0n) is 9.07. The Labute approximate surface area is 106 Å². The summed E-state index contributed by atoms with van der Waals surface area (Å²) < 4.78 is 6.85. The van der Waals surface area contributed by atoms with Gasteiger partial charge in [0.25, 0.3) is 5.69 Å². The van der Waals surface area contributed by atoms with Crippen LogP contribution in [0.3, 0.4) is 0 Å². The summed E-state index contributed by atoms with van der Waals surface area (Å²) in [4.78, 5) is 9.98. The number of rotatable bonds is 4. The first-order valence-electron chi connectivity index (χ1n) is 4.86. The summed E-state index contributed by atoms with van der Waals surface area (Å²) >= 11 is 4.84. The van der Waals surface area contributed by atoms with E-state index in [1.54, 1.807) is 0 Å². The van der Waals surface area contributed by atoms with E-state index in [1.807, 2.05) is 0 Å². The van der Waals surface area contributed by atoms with Gasteiger partial charge in [0, 0.05) is 12.1 Å². The maximum atomic E-state index is 10.5. The SMILES string of the molecule is Nn1c(COc2ccc([N+](=O)[O-])cc2)n[nH]c1=S. The van der Waals surface area contributed by atoms with Crippen LogP contribution in [0.15, 0.2) is 24.3 Å². The predicted molar refractivity (Wildman–Crippen MR) is 65.0 cm³/mol. The number of nitro benzene ring substituents is 1. The Morgan fingerprint density at radius 1 is 1.50 bits per heavy atom. The second kappa shape index (κ2) is 4.84. The monoisotopic (exact) mass is 267 g/mol. The van der Waals surface area contributed by atoms with Gasteiger partial charge in [-0.15, -0.1) is 0 Å². The van der Waals surface area contributed by atoms with Gasteiger partial charge >= 0.3 is 0 Å². The molecule has 3 N–H and O–H groups in total. The third-order valence-electron chi connectivity index (χ3n) is 2.19. The molecule has 2 aromatic rings. The maximum absolute atomic E-state index is 10.5. The lowest BCUT2D eigenvalue weighted by Crippen LogP contribution is -2.14. The Hall–Kier alpha value is -2.42. The molecule has 0 saturated carbocycles. The highest BCUT2D eigenvalue weighted by molar-refractivity contribution is 7.71. The maximum Gasteiger partial charge on any atom is 0.269 e. The molecule has 0 aliphatic rings. The van der Waals surface area contributed by atoms with Crippen molar-refractivity contribution in [3.63, 3.8) is 0 Å². The number of non-ortho nitro benzene ring substituents is 1. The van der Waals surface area contributed by atoms with Gasteiger partial charge in [0.05, 0.1) is 4.92 Å². The zero-order valence-corrected chi connectivity index (χ0v) is 9.88. The van der Waals surface area contributed by atoms with Crippen molar-refractivity contribution in [3.8, 4) is 5.75 Å². The third kappa shape index (κ3) is 2.46. The summed E-state index contributed by atoms with van der Waals surface area (Å²) in [6, 6.07) is 5.71. The number of hydrogen-bond donors (Lipinski definition) is 2. The van der Waals surface area contributed by atoms with E-state index < -0.39 is 4.92 Å². The number of H-pyrrole nitrogens is 1. The molecule has 0 aliphatic carbocycles. The van der Waals surface area contributed by atoms with Crippen LogP contribution in [-0.4, -0.2) is 19.8 Å². The lowest BCUT2D eigenvalue weighted by atomic mass is 10.3. The molecular formula is C9H9N5O3S. The van der Waals surface area contributed by atoms with Crippen LogP contribution < -0.4 is 10.6 Å². The number of hydrogen-bond acceptors (Lipinski definition) is 6. The highest BCUT2D eigenvalue weighted by atomic mass is 32.1. The average molecular weight is 267 g/mol. The lowest BCUT2D eigenvalue weighted by molar-refractivity contribution is -0.384. The quantitative estimate of drug-likeness (QED) is 0.372. The number of nitrogens with zero attached hydrogens (tertiary/aromatic N) is 3. The van der Waals surface area contributed by atoms with E-state index in [0.29, 0.717) is 11.6 Å². The molecule has 94 valence electrons. The van der Waals surface area contributed by atoms with Crippen molar-refractivity contribution in [3.05, 3.63) is 45.0 Å². The molecule has 0 saturated heterocycles. The van der Waals surface area contributed by atoms with E-state index in [4.69, 9.17) is 22.8 Å². The Morgan fingerprint density at radius 3 is 2.67 bits per heavy atom. The van der Waals surface area contributed by atoms with Crippen molar-refractivity contribution in [1.29, 1.82) is 0 Å². The van der Waals surface area contributed by atoms with Gasteiger partial charge in [-0.05, 0) is 24.4 Å². The molecule has 0 radical (unpaired) electrons. The van der Waals surface area contributed by atoms with Gasteiger partial charge in [-0.3, -0.25) is 15.2 Å². The molecule has 1 aromatic carbocycles. The topological polar surface area (TPSA) is 112 Å². The van der Waals surface area contributed by atoms with Gasteiger partial charge in [-0.1, -0.05) is 0 Å². The first-order valence-corrected chi connectivity index (χ1v) is 5.27. The second-order valence-corrected chi connectivity index (χ2v) is 3.74. The fourth-order valence-corrected chi connectivity index (χ4v) is 1.40. The molecule has 0 fully saturated rings. The Bertz CT molecular complexity index is 618. The molecule has 1 heterocycles. The molecule has 2 rings (SSSR count). The molecular weight excluding hydrogens is 258 g/mol. The minimum Gasteiger partial charge on any atom is -0.486 e. The smallest absolute Gasteiger partial charge is 0.269 e. The van der Waals surface area contributed by atoms with Crippen LogP contribution >= 0.6 is 12.2 Å². The highest BCUT2D eigenvalue weighted by Gasteiger charge is 2.06. The normalized spacial score (nSPS) is 10.2. The van der Waals surface area contributed by atoms with E-state index in [9.17, 15) is 10.1 Å². The number of nitrogens with one attached hydrogen (secondary N) is 1. The number of nitro groups is 1. The van der Waals surface area contributed by atoms with Crippen LogP contribution in [0.1, 0.15) is 5.82 Å². The first kappa shape index (κ1) is 12.0. The third-order valence-corrected chi connectivity index (χ3v) is 2.48. The van der Waals surface area contributed by atoms with Crippen LogP contribution in [0.5, 0.6) is 5.75 Å². The van der Waals surface area contributed by atoms with Crippen molar-refractivity contribution in [2.75, 3.05) is 5.84 Å². The molecule has 9 heteroatoms. The van der Waals surface area contributed by atoms with E-state index in [-0.39, 0.29) is 17.1 Å². The molecule has 18 heavy (non-hydrogen) atoms. The number of nitrogens with two attached hydrogens (primary N) is 1. The van der Waals surface area contributed by atoms with Gasteiger partial charge in [-0.2, -0.15) is 5.10 Å². The number of aromatic amines is 1. The molecule has 1 aromatic heterocycles.